The largest absolute Gasteiger partial charge is 0.497 e. The van der Waals surface area contributed by atoms with Crippen LogP contribution in [0.2, 0.25) is 0 Å². The molecule has 0 radical (unpaired) electrons. The minimum absolute atomic E-state index is 0.522. The Hall–Kier alpha value is -3.78. The molecule has 1 N–H and O–H groups in total. The van der Waals surface area contributed by atoms with E-state index >= 15 is 0 Å². The molecule has 170 valence electrons. The van der Waals surface area contributed by atoms with E-state index in [1.807, 2.05) is 41.0 Å². The summed E-state index contributed by atoms with van der Waals surface area (Å²) in [5.74, 6) is 2.03. The number of nitrogens with zero attached hydrogens (tertiary/aromatic N) is 5. The maximum absolute atomic E-state index is 5.58. The lowest BCUT2D eigenvalue weighted by Gasteiger charge is -2.34. The number of anilines is 3. The zero-order valence-corrected chi connectivity index (χ0v) is 19.2. The second kappa shape index (κ2) is 8.99. The molecule has 8 nitrogen and oxygen atoms in total. The molecule has 2 aromatic heterocycles. The molecule has 0 unspecified atom stereocenters. The van der Waals surface area contributed by atoms with Crippen LogP contribution in [-0.2, 0) is 0 Å². The first-order chi connectivity index (χ1) is 16.1. The highest BCUT2D eigenvalue weighted by atomic mass is 16.5. The quantitative estimate of drug-likeness (QED) is 0.484. The first kappa shape index (κ1) is 21.1. The lowest BCUT2D eigenvalue weighted by Crippen LogP contribution is -2.44. The molecule has 4 aromatic rings. The van der Waals surface area contributed by atoms with Crippen LogP contribution >= 0.6 is 0 Å². The van der Waals surface area contributed by atoms with E-state index in [1.165, 1.54) is 5.69 Å². The summed E-state index contributed by atoms with van der Waals surface area (Å²) < 4.78 is 12.9. The molecule has 0 bridgehead atoms. The molecule has 1 aliphatic heterocycles. The molecule has 1 aliphatic rings. The van der Waals surface area contributed by atoms with Crippen molar-refractivity contribution >= 4 is 22.8 Å². The minimum Gasteiger partial charge on any atom is -0.497 e. The van der Waals surface area contributed by atoms with Gasteiger partial charge < -0.3 is 24.6 Å². The van der Waals surface area contributed by atoms with Crippen LogP contribution < -0.4 is 19.7 Å². The molecule has 1 saturated heterocycles. The van der Waals surface area contributed by atoms with Gasteiger partial charge in [0.2, 0.25) is 5.95 Å². The lowest BCUT2D eigenvalue weighted by molar-refractivity contribution is 0.313. The van der Waals surface area contributed by atoms with Crippen LogP contribution in [0.15, 0.2) is 60.8 Å². The zero-order chi connectivity index (χ0) is 22.8. The SMILES string of the molecule is COc1ccc(OC)c(-c2ccc3cnc(Nc4ccc(N5CCN(C)CC5)cc4)nn23)c1. The summed E-state index contributed by atoms with van der Waals surface area (Å²) in [5, 5.41) is 8.07. The Balaban J connectivity index is 1.40. The number of piperazine rings is 1. The summed E-state index contributed by atoms with van der Waals surface area (Å²) >= 11 is 0. The van der Waals surface area contributed by atoms with Crippen molar-refractivity contribution in [1.29, 1.82) is 0 Å². The highest BCUT2D eigenvalue weighted by Crippen LogP contribution is 2.34. The molecule has 5 rings (SSSR count). The molecule has 0 saturated carbocycles. The summed E-state index contributed by atoms with van der Waals surface area (Å²) in [6, 6.07) is 18.2. The summed E-state index contributed by atoms with van der Waals surface area (Å²) in [5.41, 5.74) is 4.88. The fraction of sp³-hybridized carbons (Fsp3) is 0.280. The smallest absolute Gasteiger partial charge is 0.245 e. The first-order valence-corrected chi connectivity index (χ1v) is 11.0. The zero-order valence-electron chi connectivity index (χ0n) is 19.2. The van der Waals surface area contributed by atoms with Crippen LogP contribution in [0.3, 0.4) is 0 Å². The Kier molecular flexibility index (Phi) is 5.75. The molecule has 0 aliphatic carbocycles. The predicted octanol–water partition coefficient (Wildman–Crippen LogP) is 3.91. The van der Waals surface area contributed by atoms with Gasteiger partial charge in [0.25, 0.3) is 0 Å². The second-order valence-corrected chi connectivity index (χ2v) is 8.17. The number of fused-ring (bicyclic) bond motifs is 1. The third-order valence-electron chi connectivity index (χ3n) is 6.07. The molecule has 3 heterocycles. The standard InChI is InChI=1S/C25H28N6O2/c1-29-12-14-30(15-13-29)19-6-4-18(5-7-19)27-25-26-17-20-8-10-23(31(20)28-25)22-16-21(32-2)9-11-24(22)33-3/h4-11,16-17H,12-15H2,1-3H3,(H,27,28). The summed E-state index contributed by atoms with van der Waals surface area (Å²) in [6.07, 6.45) is 1.81. The van der Waals surface area contributed by atoms with E-state index in [2.05, 4.69) is 51.4 Å². The Morgan fingerprint density at radius 3 is 2.39 bits per heavy atom. The van der Waals surface area contributed by atoms with Gasteiger partial charge in [-0.15, -0.1) is 5.10 Å². The average Bonchev–Trinajstić information content (AvgIpc) is 3.28. The van der Waals surface area contributed by atoms with Crippen molar-refractivity contribution in [3.63, 3.8) is 0 Å². The normalized spacial score (nSPS) is 14.5. The second-order valence-electron chi connectivity index (χ2n) is 8.17. The summed E-state index contributed by atoms with van der Waals surface area (Å²) in [6.45, 7) is 4.27. The third-order valence-corrected chi connectivity index (χ3v) is 6.07. The van der Waals surface area contributed by atoms with Crippen molar-refractivity contribution in [2.75, 3.05) is 57.7 Å². The van der Waals surface area contributed by atoms with Crippen molar-refractivity contribution in [3.8, 4) is 22.8 Å². The van der Waals surface area contributed by atoms with Gasteiger partial charge in [0.05, 0.1) is 31.6 Å². The Labute approximate surface area is 193 Å². The van der Waals surface area contributed by atoms with Gasteiger partial charge in [0, 0.05) is 43.1 Å². The van der Waals surface area contributed by atoms with E-state index in [1.54, 1.807) is 14.2 Å². The van der Waals surface area contributed by atoms with Gasteiger partial charge in [-0.25, -0.2) is 9.50 Å². The number of likely N-dealkylation sites (N-methyl/N-ethyl adjacent to an activating group) is 1. The monoisotopic (exact) mass is 444 g/mol. The van der Waals surface area contributed by atoms with Crippen LogP contribution in [0.1, 0.15) is 0 Å². The highest BCUT2D eigenvalue weighted by molar-refractivity contribution is 5.73. The molecule has 33 heavy (non-hydrogen) atoms. The maximum atomic E-state index is 5.58. The average molecular weight is 445 g/mol. The molecule has 1 fully saturated rings. The van der Waals surface area contributed by atoms with Gasteiger partial charge >= 0.3 is 0 Å². The first-order valence-electron chi connectivity index (χ1n) is 11.0. The van der Waals surface area contributed by atoms with E-state index < -0.39 is 0 Å². The molecule has 8 heteroatoms. The number of ether oxygens (including phenoxy) is 2. The Bertz CT molecular complexity index is 1250. The van der Waals surface area contributed by atoms with Crippen LogP contribution in [-0.4, -0.2) is 66.9 Å². The highest BCUT2D eigenvalue weighted by Gasteiger charge is 2.15. The topological polar surface area (TPSA) is 67.2 Å². The molecule has 0 atom stereocenters. The van der Waals surface area contributed by atoms with Gasteiger partial charge in [-0.1, -0.05) is 0 Å². The molecule has 2 aromatic carbocycles. The fourth-order valence-electron chi connectivity index (χ4n) is 4.13. The summed E-state index contributed by atoms with van der Waals surface area (Å²) in [4.78, 5) is 9.27. The van der Waals surface area contributed by atoms with Gasteiger partial charge in [-0.2, -0.15) is 0 Å². The number of nitrogens with one attached hydrogen (secondary N) is 1. The van der Waals surface area contributed by atoms with Crippen LogP contribution in [0.5, 0.6) is 11.5 Å². The molecular formula is C25H28N6O2. The number of benzene rings is 2. The van der Waals surface area contributed by atoms with E-state index in [-0.39, 0.29) is 0 Å². The fourth-order valence-corrected chi connectivity index (χ4v) is 4.13. The number of methoxy groups -OCH3 is 2. The Morgan fingerprint density at radius 2 is 1.67 bits per heavy atom. The summed E-state index contributed by atoms with van der Waals surface area (Å²) in [7, 11) is 5.48. The van der Waals surface area contributed by atoms with Crippen LogP contribution in [0, 0.1) is 0 Å². The van der Waals surface area contributed by atoms with Gasteiger partial charge in [-0.05, 0) is 61.6 Å². The van der Waals surface area contributed by atoms with E-state index in [0.717, 1.165) is 60.1 Å². The third kappa shape index (κ3) is 4.29. The van der Waals surface area contributed by atoms with Crippen LogP contribution in [0.4, 0.5) is 17.3 Å². The minimum atomic E-state index is 0.522. The molecule has 0 spiro atoms. The van der Waals surface area contributed by atoms with E-state index in [9.17, 15) is 0 Å². The number of aromatic nitrogens is 3. The van der Waals surface area contributed by atoms with Crippen molar-refractivity contribution in [2.45, 2.75) is 0 Å². The Morgan fingerprint density at radius 1 is 0.879 bits per heavy atom. The van der Waals surface area contributed by atoms with Crippen molar-refractivity contribution in [3.05, 3.63) is 60.8 Å². The number of hydrogen-bond donors (Lipinski definition) is 1. The number of rotatable bonds is 6. The maximum Gasteiger partial charge on any atom is 0.245 e. The van der Waals surface area contributed by atoms with Gasteiger partial charge in [0.15, 0.2) is 0 Å². The van der Waals surface area contributed by atoms with Crippen LogP contribution in [0.25, 0.3) is 16.8 Å². The van der Waals surface area contributed by atoms with E-state index in [0.29, 0.717) is 5.95 Å². The number of hydrogen-bond acceptors (Lipinski definition) is 7. The molecular weight excluding hydrogens is 416 g/mol. The predicted molar refractivity (Wildman–Crippen MR) is 131 cm³/mol. The lowest BCUT2D eigenvalue weighted by atomic mass is 10.1. The van der Waals surface area contributed by atoms with E-state index in [4.69, 9.17) is 14.6 Å². The molecule has 0 amide bonds. The van der Waals surface area contributed by atoms with Crippen molar-refractivity contribution < 1.29 is 9.47 Å². The van der Waals surface area contributed by atoms with Crippen molar-refractivity contribution in [1.82, 2.24) is 19.5 Å². The van der Waals surface area contributed by atoms with Gasteiger partial charge in [0.1, 0.15) is 11.5 Å². The van der Waals surface area contributed by atoms with Crippen molar-refractivity contribution in [2.24, 2.45) is 0 Å². The van der Waals surface area contributed by atoms with Gasteiger partial charge in [-0.3, -0.25) is 0 Å².